The average molecular weight is 172 g/mol. The van der Waals surface area contributed by atoms with Crippen LogP contribution >= 0.6 is 0 Å². The zero-order chi connectivity index (χ0) is 9.56. The Kier molecular flexibility index (Phi) is 4.64. The van der Waals surface area contributed by atoms with Crippen molar-refractivity contribution in [3.05, 3.63) is 18.2 Å². The van der Waals surface area contributed by atoms with Crippen LogP contribution in [0.1, 0.15) is 6.92 Å². The Labute approximate surface area is 70.3 Å². The van der Waals surface area contributed by atoms with Gasteiger partial charge in [0.1, 0.15) is 0 Å². The summed E-state index contributed by atoms with van der Waals surface area (Å²) in [5, 5.41) is 33.7. The fourth-order valence-electron chi connectivity index (χ4n) is 0.519. The molecule has 0 fully saturated rings. The van der Waals surface area contributed by atoms with Gasteiger partial charge in [0.05, 0.1) is 0 Å². The normalized spacial score (nSPS) is 8.50. The zero-order valence-electron chi connectivity index (χ0n) is 6.73. The van der Waals surface area contributed by atoms with Gasteiger partial charge in [-0.25, -0.2) is 0 Å². The molecule has 0 aliphatic carbocycles. The fourth-order valence-corrected chi connectivity index (χ4v) is 0.519. The fraction of sp³-hybridized carbons (Fsp3) is 0.250. The predicted molar refractivity (Wildman–Crippen MR) is 44.2 cm³/mol. The van der Waals surface area contributed by atoms with Crippen molar-refractivity contribution in [2.24, 2.45) is 0 Å². The number of aliphatic hydroxyl groups is 1. The minimum Gasteiger partial charge on any atom is -0.504 e. The second-order valence-electron chi connectivity index (χ2n) is 1.96. The summed E-state index contributed by atoms with van der Waals surface area (Å²) in [6.07, 6.45) is 0. The van der Waals surface area contributed by atoms with Crippen molar-refractivity contribution >= 4 is 0 Å². The first-order chi connectivity index (χ1) is 5.63. The summed E-state index contributed by atoms with van der Waals surface area (Å²) in [6, 6.07) is 4.01. The lowest BCUT2D eigenvalue weighted by molar-refractivity contribution is 0.318. The van der Waals surface area contributed by atoms with Crippen molar-refractivity contribution < 1.29 is 20.4 Å². The molecule has 12 heavy (non-hydrogen) atoms. The topological polar surface area (TPSA) is 80.9 Å². The maximum Gasteiger partial charge on any atom is 0.200 e. The van der Waals surface area contributed by atoms with E-state index in [1.807, 2.05) is 0 Å². The lowest BCUT2D eigenvalue weighted by atomic mass is 10.3. The third-order valence-corrected chi connectivity index (χ3v) is 0.993. The molecular formula is C8H12O4. The lowest BCUT2D eigenvalue weighted by Gasteiger charge is -1.96. The average Bonchev–Trinajstić information content (AvgIpc) is 2.02. The Morgan fingerprint density at radius 1 is 1.08 bits per heavy atom. The van der Waals surface area contributed by atoms with Crippen molar-refractivity contribution in [3.63, 3.8) is 0 Å². The van der Waals surface area contributed by atoms with E-state index >= 15 is 0 Å². The molecule has 0 aliphatic heterocycles. The summed E-state index contributed by atoms with van der Waals surface area (Å²) in [5.41, 5.74) is 0. The highest BCUT2D eigenvalue weighted by atomic mass is 16.3. The van der Waals surface area contributed by atoms with Crippen LogP contribution in [-0.2, 0) is 0 Å². The predicted octanol–water partition coefficient (Wildman–Crippen LogP) is 0.802. The number of aromatic hydroxyl groups is 3. The van der Waals surface area contributed by atoms with Crippen molar-refractivity contribution in [3.8, 4) is 17.2 Å². The van der Waals surface area contributed by atoms with E-state index in [1.54, 1.807) is 6.92 Å². The smallest absolute Gasteiger partial charge is 0.200 e. The molecule has 0 saturated carbocycles. The van der Waals surface area contributed by atoms with Crippen LogP contribution in [0, 0.1) is 0 Å². The van der Waals surface area contributed by atoms with Crippen molar-refractivity contribution in [2.45, 2.75) is 6.92 Å². The van der Waals surface area contributed by atoms with Crippen molar-refractivity contribution in [1.82, 2.24) is 0 Å². The second-order valence-corrected chi connectivity index (χ2v) is 1.96. The van der Waals surface area contributed by atoms with Crippen molar-refractivity contribution in [2.75, 3.05) is 6.61 Å². The summed E-state index contributed by atoms with van der Waals surface area (Å²) >= 11 is 0. The number of hydrogen-bond donors (Lipinski definition) is 4. The highest BCUT2D eigenvalue weighted by Gasteiger charge is 2.00. The molecule has 0 atom stereocenters. The summed E-state index contributed by atoms with van der Waals surface area (Å²) in [4.78, 5) is 0. The number of aliphatic hydroxyl groups excluding tert-OH is 1. The van der Waals surface area contributed by atoms with Gasteiger partial charge in [-0.2, -0.15) is 0 Å². The first-order valence-corrected chi connectivity index (χ1v) is 3.44. The van der Waals surface area contributed by atoms with E-state index < -0.39 is 5.75 Å². The molecular weight excluding hydrogens is 160 g/mol. The largest absolute Gasteiger partial charge is 0.504 e. The van der Waals surface area contributed by atoms with Crippen LogP contribution < -0.4 is 0 Å². The van der Waals surface area contributed by atoms with E-state index in [4.69, 9.17) is 20.4 Å². The van der Waals surface area contributed by atoms with Crippen LogP contribution in [0.4, 0.5) is 0 Å². The van der Waals surface area contributed by atoms with Crippen LogP contribution in [-0.4, -0.2) is 27.0 Å². The lowest BCUT2D eigenvalue weighted by Crippen LogP contribution is -1.67. The minimum atomic E-state index is -0.475. The molecule has 0 aliphatic rings. The molecule has 1 aromatic carbocycles. The molecule has 0 aromatic heterocycles. The zero-order valence-corrected chi connectivity index (χ0v) is 6.73. The van der Waals surface area contributed by atoms with Crippen LogP contribution in [0.5, 0.6) is 17.2 Å². The van der Waals surface area contributed by atoms with E-state index in [9.17, 15) is 0 Å². The summed E-state index contributed by atoms with van der Waals surface area (Å²) in [5.74, 6) is -1.09. The molecule has 0 saturated heterocycles. The summed E-state index contributed by atoms with van der Waals surface area (Å²) in [7, 11) is 0. The molecule has 4 N–H and O–H groups in total. The molecule has 0 unspecified atom stereocenters. The van der Waals surface area contributed by atoms with E-state index in [0.717, 1.165) is 0 Å². The Hall–Kier alpha value is -1.42. The number of phenolic OH excluding ortho intramolecular Hbond substituents is 3. The van der Waals surface area contributed by atoms with E-state index in [1.165, 1.54) is 18.2 Å². The van der Waals surface area contributed by atoms with Gasteiger partial charge in [0.2, 0.25) is 0 Å². The molecule has 1 rings (SSSR count). The molecule has 68 valence electrons. The number of para-hydroxylation sites is 1. The van der Waals surface area contributed by atoms with Gasteiger partial charge in [0.25, 0.3) is 0 Å². The third-order valence-electron chi connectivity index (χ3n) is 0.993. The first-order valence-electron chi connectivity index (χ1n) is 3.44. The van der Waals surface area contributed by atoms with Crippen LogP contribution in [0.3, 0.4) is 0 Å². The van der Waals surface area contributed by atoms with E-state index in [-0.39, 0.29) is 18.1 Å². The molecule has 0 heterocycles. The summed E-state index contributed by atoms with van der Waals surface area (Å²) in [6.45, 7) is 1.93. The van der Waals surface area contributed by atoms with Gasteiger partial charge in [-0.1, -0.05) is 6.07 Å². The molecule has 4 nitrogen and oxygen atoms in total. The van der Waals surface area contributed by atoms with Gasteiger partial charge in [-0.05, 0) is 19.1 Å². The van der Waals surface area contributed by atoms with Gasteiger partial charge < -0.3 is 20.4 Å². The number of benzene rings is 1. The van der Waals surface area contributed by atoms with Crippen LogP contribution in [0.15, 0.2) is 18.2 Å². The molecule has 4 heteroatoms. The SMILES string of the molecule is CCO.Oc1cccc(O)c1O. The maximum absolute atomic E-state index is 8.71. The van der Waals surface area contributed by atoms with Crippen LogP contribution in [0.2, 0.25) is 0 Å². The van der Waals surface area contributed by atoms with E-state index in [0.29, 0.717) is 0 Å². The summed E-state index contributed by atoms with van der Waals surface area (Å²) < 4.78 is 0. The molecule has 0 amide bonds. The van der Waals surface area contributed by atoms with Crippen molar-refractivity contribution in [1.29, 1.82) is 0 Å². The Morgan fingerprint density at radius 2 is 1.42 bits per heavy atom. The number of rotatable bonds is 0. The monoisotopic (exact) mass is 172 g/mol. The van der Waals surface area contributed by atoms with Gasteiger partial charge in [0.15, 0.2) is 17.2 Å². The van der Waals surface area contributed by atoms with Gasteiger partial charge >= 0.3 is 0 Å². The second kappa shape index (κ2) is 5.26. The quantitative estimate of drug-likeness (QED) is 0.436. The van der Waals surface area contributed by atoms with Gasteiger partial charge in [-0.3, -0.25) is 0 Å². The minimum absolute atomic E-state index is 0.250. The Balaban J connectivity index is 0.000000354. The van der Waals surface area contributed by atoms with E-state index in [2.05, 4.69) is 0 Å². The molecule has 0 radical (unpaired) electrons. The first kappa shape index (κ1) is 10.6. The number of hydrogen-bond acceptors (Lipinski definition) is 4. The number of phenols is 3. The maximum atomic E-state index is 8.71. The highest BCUT2D eigenvalue weighted by molar-refractivity contribution is 5.47. The molecule has 0 bridgehead atoms. The highest BCUT2D eigenvalue weighted by Crippen LogP contribution is 2.32. The standard InChI is InChI=1S/C6H6O3.C2H6O/c7-4-2-1-3-5(8)6(4)9;1-2-3/h1-3,7-9H;3H,2H2,1H3. The van der Waals surface area contributed by atoms with Crippen LogP contribution in [0.25, 0.3) is 0 Å². The third kappa shape index (κ3) is 3.12. The molecule has 0 spiro atoms. The van der Waals surface area contributed by atoms with Gasteiger partial charge in [-0.15, -0.1) is 0 Å². The van der Waals surface area contributed by atoms with Gasteiger partial charge in [0, 0.05) is 6.61 Å². The Morgan fingerprint density at radius 3 is 1.67 bits per heavy atom. The Bertz CT molecular complexity index is 214. The molecule has 1 aromatic rings.